The lowest BCUT2D eigenvalue weighted by molar-refractivity contribution is -0.384. The van der Waals surface area contributed by atoms with Crippen LogP contribution in [-0.2, 0) is 0 Å². The van der Waals surface area contributed by atoms with E-state index in [1.54, 1.807) is 18.2 Å². The van der Waals surface area contributed by atoms with E-state index in [9.17, 15) is 15.2 Å². The molecule has 0 saturated heterocycles. The smallest absolute Gasteiger partial charge is 0.296 e. The third-order valence-corrected chi connectivity index (χ3v) is 3.07. The molecule has 0 saturated carbocycles. The molecular formula is C15H13N3O3. The summed E-state index contributed by atoms with van der Waals surface area (Å²) < 4.78 is 0. The van der Waals surface area contributed by atoms with Crippen molar-refractivity contribution in [2.75, 3.05) is 5.32 Å². The SMILES string of the molecule is CC(Nc1ccc(O)cc1[N+](=O)[O-])c1cccc(C#N)c1. The fourth-order valence-electron chi connectivity index (χ4n) is 1.99. The van der Waals surface area contributed by atoms with Gasteiger partial charge in [-0.05, 0) is 36.8 Å². The Balaban J connectivity index is 2.29. The Labute approximate surface area is 121 Å². The molecule has 0 bridgehead atoms. The molecule has 6 nitrogen and oxygen atoms in total. The highest BCUT2D eigenvalue weighted by atomic mass is 16.6. The predicted molar refractivity (Wildman–Crippen MR) is 78.0 cm³/mol. The van der Waals surface area contributed by atoms with Crippen LogP contribution in [0.15, 0.2) is 42.5 Å². The Morgan fingerprint density at radius 1 is 1.33 bits per heavy atom. The predicted octanol–water partition coefficient (Wildman–Crippen LogP) is 3.35. The number of hydrogen-bond acceptors (Lipinski definition) is 5. The minimum Gasteiger partial charge on any atom is -0.508 e. The quantitative estimate of drug-likeness (QED) is 0.509. The van der Waals surface area contributed by atoms with Crippen LogP contribution in [0.5, 0.6) is 5.75 Å². The molecule has 0 aliphatic heterocycles. The molecule has 6 heteroatoms. The molecule has 0 radical (unpaired) electrons. The Bertz CT molecular complexity index is 722. The number of nitro groups is 1. The summed E-state index contributed by atoms with van der Waals surface area (Å²) in [6.07, 6.45) is 0. The maximum Gasteiger partial charge on any atom is 0.296 e. The molecule has 0 fully saturated rings. The van der Waals surface area contributed by atoms with Gasteiger partial charge in [-0.3, -0.25) is 10.1 Å². The molecular weight excluding hydrogens is 270 g/mol. The molecule has 2 aromatic carbocycles. The molecule has 21 heavy (non-hydrogen) atoms. The summed E-state index contributed by atoms with van der Waals surface area (Å²) in [5, 5.41) is 32.3. The van der Waals surface area contributed by atoms with Crippen LogP contribution in [0.3, 0.4) is 0 Å². The fraction of sp³-hybridized carbons (Fsp3) is 0.133. The van der Waals surface area contributed by atoms with E-state index in [1.807, 2.05) is 13.0 Å². The highest BCUT2D eigenvalue weighted by molar-refractivity contribution is 5.64. The van der Waals surface area contributed by atoms with Crippen molar-refractivity contribution < 1.29 is 10.0 Å². The molecule has 106 valence electrons. The first-order valence-electron chi connectivity index (χ1n) is 6.25. The monoisotopic (exact) mass is 283 g/mol. The van der Waals surface area contributed by atoms with Gasteiger partial charge in [0.1, 0.15) is 11.4 Å². The normalized spacial score (nSPS) is 11.4. The summed E-state index contributed by atoms with van der Waals surface area (Å²) >= 11 is 0. The molecule has 1 atom stereocenters. The van der Waals surface area contributed by atoms with Gasteiger partial charge in [0.05, 0.1) is 22.6 Å². The zero-order valence-electron chi connectivity index (χ0n) is 11.3. The number of rotatable bonds is 4. The lowest BCUT2D eigenvalue weighted by atomic mass is 10.1. The van der Waals surface area contributed by atoms with E-state index in [0.717, 1.165) is 11.6 Å². The number of aromatic hydroxyl groups is 1. The average molecular weight is 283 g/mol. The van der Waals surface area contributed by atoms with E-state index in [2.05, 4.69) is 11.4 Å². The van der Waals surface area contributed by atoms with Crippen LogP contribution in [-0.4, -0.2) is 10.0 Å². The van der Waals surface area contributed by atoms with Crippen molar-refractivity contribution in [1.82, 2.24) is 0 Å². The molecule has 0 heterocycles. The molecule has 0 aliphatic carbocycles. The van der Waals surface area contributed by atoms with E-state index >= 15 is 0 Å². The summed E-state index contributed by atoms with van der Waals surface area (Å²) in [5.74, 6) is -0.161. The van der Waals surface area contributed by atoms with Crippen molar-refractivity contribution in [2.24, 2.45) is 0 Å². The molecule has 0 spiro atoms. The third kappa shape index (κ3) is 3.28. The van der Waals surface area contributed by atoms with Gasteiger partial charge in [-0.2, -0.15) is 5.26 Å². The lowest BCUT2D eigenvalue weighted by Crippen LogP contribution is -2.08. The van der Waals surface area contributed by atoms with E-state index in [4.69, 9.17) is 5.26 Å². The Morgan fingerprint density at radius 3 is 2.76 bits per heavy atom. The molecule has 0 amide bonds. The van der Waals surface area contributed by atoms with Crippen molar-refractivity contribution in [3.8, 4) is 11.8 Å². The highest BCUT2D eigenvalue weighted by Gasteiger charge is 2.17. The van der Waals surface area contributed by atoms with Crippen LogP contribution < -0.4 is 5.32 Å². The Kier molecular flexibility index (Phi) is 4.05. The van der Waals surface area contributed by atoms with Gasteiger partial charge in [-0.15, -0.1) is 0 Å². The number of anilines is 1. The van der Waals surface area contributed by atoms with E-state index < -0.39 is 4.92 Å². The summed E-state index contributed by atoms with van der Waals surface area (Å²) in [6.45, 7) is 1.84. The Hall–Kier alpha value is -3.07. The van der Waals surface area contributed by atoms with Crippen molar-refractivity contribution in [2.45, 2.75) is 13.0 Å². The average Bonchev–Trinajstić information content (AvgIpc) is 2.48. The standard InChI is InChI=1S/C15H13N3O3/c1-10(12-4-2-3-11(7-12)9-16)17-14-6-5-13(19)8-15(14)18(20)21/h2-8,10,17,19H,1H3. The number of phenols is 1. The highest BCUT2D eigenvalue weighted by Crippen LogP contribution is 2.31. The van der Waals surface area contributed by atoms with Crippen LogP contribution >= 0.6 is 0 Å². The van der Waals surface area contributed by atoms with Gasteiger partial charge < -0.3 is 10.4 Å². The van der Waals surface area contributed by atoms with Gasteiger partial charge in [0, 0.05) is 6.04 Å². The number of benzene rings is 2. The van der Waals surface area contributed by atoms with Crippen LogP contribution in [0.2, 0.25) is 0 Å². The van der Waals surface area contributed by atoms with Gasteiger partial charge in [0.25, 0.3) is 5.69 Å². The van der Waals surface area contributed by atoms with Crippen LogP contribution in [0.4, 0.5) is 11.4 Å². The van der Waals surface area contributed by atoms with Crippen molar-refractivity contribution in [3.63, 3.8) is 0 Å². The van der Waals surface area contributed by atoms with Crippen LogP contribution in [0.1, 0.15) is 24.1 Å². The molecule has 2 rings (SSSR count). The molecule has 1 unspecified atom stereocenters. The first-order valence-corrected chi connectivity index (χ1v) is 6.25. The number of nitrogens with one attached hydrogen (secondary N) is 1. The number of phenolic OH excluding ortho intramolecular Hbond substituents is 1. The van der Waals surface area contributed by atoms with E-state index in [1.165, 1.54) is 12.1 Å². The Morgan fingerprint density at radius 2 is 2.10 bits per heavy atom. The minimum atomic E-state index is -0.555. The number of nitrogens with zero attached hydrogens (tertiary/aromatic N) is 2. The van der Waals surface area contributed by atoms with E-state index in [0.29, 0.717) is 11.3 Å². The maximum atomic E-state index is 11.0. The van der Waals surface area contributed by atoms with Crippen molar-refractivity contribution >= 4 is 11.4 Å². The second-order valence-corrected chi connectivity index (χ2v) is 4.56. The van der Waals surface area contributed by atoms with Crippen LogP contribution in [0.25, 0.3) is 0 Å². The lowest BCUT2D eigenvalue weighted by Gasteiger charge is -2.16. The minimum absolute atomic E-state index is 0.161. The summed E-state index contributed by atoms with van der Waals surface area (Å²) in [7, 11) is 0. The van der Waals surface area contributed by atoms with Gasteiger partial charge in [-0.25, -0.2) is 0 Å². The summed E-state index contributed by atoms with van der Waals surface area (Å²) in [5.41, 5.74) is 1.49. The first kappa shape index (κ1) is 14.3. The van der Waals surface area contributed by atoms with E-state index in [-0.39, 0.29) is 17.5 Å². The van der Waals surface area contributed by atoms with Gasteiger partial charge >= 0.3 is 0 Å². The third-order valence-electron chi connectivity index (χ3n) is 3.07. The zero-order chi connectivity index (χ0) is 15.4. The second kappa shape index (κ2) is 5.92. The van der Waals surface area contributed by atoms with Crippen LogP contribution in [0, 0.1) is 21.4 Å². The van der Waals surface area contributed by atoms with Gasteiger partial charge in [0.15, 0.2) is 0 Å². The van der Waals surface area contributed by atoms with Crippen molar-refractivity contribution in [1.29, 1.82) is 5.26 Å². The van der Waals surface area contributed by atoms with Gasteiger partial charge in [-0.1, -0.05) is 12.1 Å². The largest absolute Gasteiger partial charge is 0.508 e. The van der Waals surface area contributed by atoms with Crippen molar-refractivity contribution in [3.05, 3.63) is 63.7 Å². The summed E-state index contributed by atoms with van der Waals surface area (Å²) in [6, 6.07) is 12.8. The zero-order valence-corrected chi connectivity index (χ0v) is 11.3. The molecule has 2 aromatic rings. The number of hydrogen-bond donors (Lipinski definition) is 2. The molecule has 0 aromatic heterocycles. The molecule has 2 N–H and O–H groups in total. The second-order valence-electron chi connectivity index (χ2n) is 4.56. The molecule has 0 aliphatic rings. The maximum absolute atomic E-state index is 11.0. The number of nitriles is 1. The topological polar surface area (TPSA) is 99.2 Å². The summed E-state index contributed by atoms with van der Waals surface area (Å²) in [4.78, 5) is 10.4. The first-order chi connectivity index (χ1) is 10.0. The fourth-order valence-corrected chi connectivity index (χ4v) is 1.99. The van der Waals surface area contributed by atoms with Gasteiger partial charge in [0.2, 0.25) is 0 Å². The number of nitro benzene ring substituents is 1.